The third-order valence-electron chi connectivity index (χ3n) is 1.18. The van der Waals surface area contributed by atoms with Gasteiger partial charge in [-0.05, 0) is 19.9 Å². The molecule has 0 aliphatic heterocycles. The number of Topliss-reactive ketones (excluding diaryl/α,β-unsaturated/α-hetero) is 1. The van der Waals surface area contributed by atoms with Crippen LogP contribution in [-0.2, 0) is 4.79 Å². The summed E-state index contributed by atoms with van der Waals surface area (Å²) < 4.78 is 0. The molecule has 0 saturated carbocycles. The lowest BCUT2D eigenvalue weighted by Gasteiger charge is -1.96. The second-order valence-corrected chi connectivity index (χ2v) is 2.06. The highest BCUT2D eigenvalue weighted by Gasteiger charge is 2.03. The van der Waals surface area contributed by atoms with Gasteiger partial charge in [0.1, 0.15) is 5.76 Å². The summed E-state index contributed by atoms with van der Waals surface area (Å²) in [6.45, 7) is 6.53. The summed E-state index contributed by atoms with van der Waals surface area (Å²) in [5, 5.41) is 9.11. The molecule has 0 unspecified atom stereocenters. The van der Waals surface area contributed by atoms with E-state index in [-0.39, 0.29) is 11.5 Å². The van der Waals surface area contributed by atoms with Crippen LogP contribution in [0.3, 0.4) is 0 Å². The zero-order valence-corrected chi connectivity index (χ0v) is 6.79. The molecule has 0 aliphatic carbocycles. The number of carbonyl (C=O) groups is 1. The Morgan fingerprint density at radius 3 is 2.36 bits per heavy atom. The molecule has 0 radical (unpaired) electrons. The Kier molecular flexibility index (Phi) is 3.96. The molecule has 0 bridgehead atoms. The highest BCUT2D eigenvalue weighted by molar-refractivity contribution is 5.96. The van der Waals surface area contributed by atoms with Crippen LogP contribution in [0.2, 0.25) is 0 Å². The van der Waals surface area contributed by atoms with Gasteiger partial charge in [-0.15, -0.1) is 0 Å². The summed E-state index contributed by atoms with van der Waals surface area (Å²) >= 11 is 0. The number of hydrogen-bond donors (Lipinski definition) is 1. The molecule has 0 aromatic heterocycles. The van der Waals surface area contributed by atoms with E-state index in [0.29, 0.717) is 5.57 Å². The van der Waals surface area contributed by atoms with Crippen molar-refractivity contribution in [3.63, 3.8) is 0 Å². The van der Waals surface area contributed by atoms with Gasteiger partial charge in [0.15, 0.2) is 5.78 Å². The molecule has 11 heavy (non-hydrogen) atoms. The molecular weight excluding hydrogens is 140 g/mol. The van der Waals surface area contributed by atoms with E-state index in [1.807, 2.05) is 0 Å². The van der Waals surface area contributed by atoms with Gasteiger partial charge < -0.3 is 5.11 Å². The van der Waals surface area contributed by atoms with Gasteiger partial charge in [-0.1, -0.05) is 18.7 Å². The van der Waals surface area contributed by atoms with E-state index in [1.165, 1.54) is 13.0 Å². The maximum Gasteiger partial charge on any atom is 0.163 e. The number of aliphatic hydroxyl groups excluding tert-OH is 1. The van der Waals surface area contributed by atoms with Crippen molar-refractivity contribution in [2.24, 2.45) is 0 Å². The highest BCUT2D eigenvalue weighted by atomic mass is 16.3. The van der Waals surface area contributed by atoms with Crippen LogP contribution in [0.25, 0.3) is 0 Å². The first kappa shape index (κ1) is 9.69. The van der Waals surface area contributed by atoms with E-state index in [0.717, 1.165) is 0 Å². The highest BCUT2D eigenvalue weighted by Crippen LogP contribution is 2.05. The molecule has 0 amide bonds. The van der Waals surface area contributed by atoms with Crippen molar-refractivity contribution in [3.8, 4) is 0 Å². The van der Waals surface area contributed by atoms with Gasteiger partial charge in [0, 0.05) is 0 Å². The van der Waals surface area contributed by atoms with Crippen molar-refractivity contribution in [3.05, 3.63) is 36.1 Å². The molecule has 1 N–H and O–H groups in total. The number of allylic oxidation sites excluding steroid dienone is 4. The fourth-order valence-corrected chi connectivity index (χ4v) is 0.660. The maximum absolute atomic E-state index is 10.8. The summed E-state index contributed by atoms with van der Waals surface area (Å²) in [6.07, 6.45) is 4.49. The van der Waals surface area contributed by atoms with Gasteiger partial charge in [-0.2, -0.15) is 0 Å². The van der Waals surface area contributed by atoms with Crippen LogP contribution in [0.4, 0.5) is 0 Å². The molecule has 2 heteroatoms. The van der Waals surface area contributed by atoms with Gasteiger partial charge in [-0.25, -0.2) is 0 Å². The van der Waals surface area contributed by atoms with Crippen LogP contribution in [0.1, 0.15) is 13.8 Å². The van der Waals surface area contributed by atoms with Gasteiger partial charge in [0.25, 0.3) is 0 Å². The lowest BCUT2D eigenvalue weighted by atomic mass is 10.1. The molecule has 0 aromatic rings. The Bertz CT molecular complexity index is 222. The summed E-state index contributed by atoms with van der Waals surface area (Å²) in [4.78, 5) is 10.8. The number of aliphatic hydroxyl groups is 1. The van der Waals surface area contributed by atoms with Crippen molar-refractivity contribution in [2.45, 2.75) is 13.8 Å². The molecule has 0 fully saturated rings. The second-order valence-electron chi connectivity index (χ2n) is 2.06. The van der Waals surface area contributed by atoms with Crippen LogP contribution in [-0.4, -0.2) is 10.9 Å². The zero-order chi connectivity index (χ0) is 8.85. The lowest BCUT2D eigenvalue weighted by molar-refractivity contribution is -0.113. The minimum Gasteiger partial charge on any atom is -0.507 e. The van der Waals surface area contributed by atoms with Crippen molar-refractivity contribution in [2.75, 3.05) is 0 Å². The van der Waals surface area contributed by atoms with Gasteiger partial charge >= 0.3 is 0 Å². The Labute approximate surface area is 66.5 Å². The van der Waals surface area contributed by atoms with Crippen molar-refractivity contribution < 1.29 is 9.90 Å². The fraction of sp³-hybridized carbons (Fsp3) is 0.222. The number of hydrogen-bond acceptors (Lipinski definition) is 2. The molecule has 0 saturated heterocycles. The molecule has 0 spiro atoms. The first-order chi connectivity index (χ1) is 5.13. The summed E-state index contributed by atoms with van der Waals surface area (Å²) in [6, 6.07) is 0. The quantitative estimate of drug-likeness (QED) is 0.382. The fourth-order valence-electron chi connectivity index (χ4n) is 0.660. The SMILES string of the molecule is C=C/C(O)=C(\C=C/C)C(C)=O. The first-order valence-corrected chi connectivity index (χ1v) is 3.32. The van der Waals surface area contributed by atoms with Crippen LogP contribution in [0.15, 0.2) is 36.1 Å². The molecular formula is C9H12O2. The van der Waals surface area contributed by atoms with E-state index in [4.69, 9.17) is 5.11 Å². The molecule has 0 rings (SSSR count). The average Bonchev–Trinajstić information content (AvgIpc) is 1.98. The topological polar surface area (TPSA) is 37.3 Å². The van der Waals surface area contributed by atoms with E-state index in [1.54, 1.807) is 19.1 Å². The Balaban J connectivity index is 4.87. The Hall–Kier alpha value is -1.31. The van der Waals surface area contributed by atoms with E-state index in [9.17, 15) is 4.79 Å². The Morgan fingerprint density at radius 2 is 2.09 bits per heavy atom. The van der Waals surface area contributed by atoms with Crippen molar-refractivity contribution >= 4 is 5.78 Å². The summed E-state index contributed by atoms with van der Waals surface area (Å²) in [5.41, 5.74) is 0.294. The summed E-state index contributed by atoms with van der Waals surface area (Å²) in [7, 11) is 0. The average molecular weight is 152 g/mol. The summed E-state index contributed by atoms with van der Waals surface area (Å²) in [5.74, 6) is -0.240. The largest absolute Gasteiger partial charge is 0.507 e. The number of carbonyl (C=O) groups excluding carboxylic acids is 1. The van der Waals surface area contributed by atoms with E-state index in [2.05, 4.69) is 6.58 Å². The molecule has 2 nitrogen and oxygen atoms in total. The predicted molar refractivity (Wildman–Crippen MR) is 45.3 cm³/mol. The third-order valence-corrected chi connectivity index (χ3v) is 1.18. The first-order valence-electron chi connectivity index (χ1n) is 3.32. The van der Waals surface area contributed by atoms with Crippen LogP contribution >= 0.6 is 0 Å². The zero-order valence-electron chi connectivity index (χ0n) is 6.79. The van der Waals surface area contributed by atoms with Crippen LogP contribution in [0, 0.1) is 0 Å². The minimum absolute atomic E-state index is 0.0735. The van der Waals surface area contributed by atoms with Crippen LogP contribution in [0.5, 0.6) is 0 Å². The smallest absolute Gasteiger partial charge is 0.163 e. The number of ketones is 1. The normalized spacial score (nSPS) is 12.9. The van der Waals surface area contributed by atoms with Crippen LogP contribution < -0.4 is 0 Å². The molecule has 0 aliphatic rings. The monoisotopic (exact) mass is 152 g/mol. The van der Waals surface area contributed by atoms with Gasteiger partial charge in [-0.3, -0.25) is 4.79 Å². The molecule has 0 aromatic carbocycles. The van der Waals surface area contributed by atoms with Crippen molar-refractivity contribution in [1.29, 1.82) is 0 Å². The predicted octanol–water partition coefficient (Wildman–Crippen LogP) is 2.15. The Morgan fingerprint density at radius 1 is 1.55 bits per heavy atom. The molecule has 0 heterocycles. The third kappa shape index (κ3) is 2.85. The molecule has 60 valence electrons. The van der Waals surface area contributed by atoms with E-state index >= 15 is 0 Å². The van der Waals surface area contributed by atoms with Gasteiger partial charge in [0.2, 0.25) is 0 Å². The van der Waals surface area contributed by atoms with Crippen molar-refractivity contribution in [1.82, 2.24) is 0 Å². The lowest BCUT2D eigenvalue weighted by Crippen LogP contribution is -1.96. The second kappa shape index (κ2) is 4.50. The molecule has 0 atom stereocenters. The van der Waals surface area contributed by atoms with E-state index < -0.39 is 0 Å². The number of rotatable bonds is 3. The minimum atomic E-state index is -0.166. The van der Waals surface area contributed by atoms with Gasteiger partial charge in [0.05, 0.1) is 5.57 Å². The maximum atomic E-state index is 10.8. The standard InChI is InChI=1S/C9H12O2/c1-4-6-8(7(3)10)9(11)5-2/h4-6,11H,2H2,1,3H3/b6-4-,9-8-.